The van der Waals surface area contributed by atoms with E-state index in [1.54, 1.807) is 67.6 Å². The number of methoxy groups -OCH3 is 1. The van der Waals surface area contributed by atoms with Crippen molar-refractivity contribution >= 4 is 23.8 Å². The van der Waals surface area contributed by atoms with Crippen LogP contribution in [0, 0.1) is 0 Å². The van der Waals surface area contributed by atoms with Crippen molar-refractivity contribution in [3.05, 3.63) is 101 Å². The highest BCUT2D eigenvalue weighted by Crippen LogP contribution is 2.36. The van der Waals surface area contributed by atoms with Gasteiger partial charge in [0.15, 0.2) is 5.76 Å². The van der Waals surface area contributed by atoms with Gasteiger partial charge in [-0.15, -0.1) is 0 Å². The SMILES string of the molecule is CCOC(=O)C(Oc1ccc2c(c1)OC(=Cc1ccc(C(=O)OC)cc1)C2=O)c1ccccc1. The average molecular weight is 458 g/mol. The summed E-state index contributed by atoms with van der Waals surface area (Å²) in [6.07, 6.45) is 0.634. The van der Waals surface area contributed by atoms with E-state index in [4.69, 9.17) is 18.9 Å². The third kappa shape index (κ3) is 4.83. The van der Waals surface area contributed by atoms with Crippen LogP contribution in [-0.4, -0.2) is 31.4 Å². The van der Waals surface area contributed by atoms with Crippen molar-refractivity contribution < 1.29 is 33.3 Å². The number of ketones is 1. The first-order valence-corrected chi connectivity index (χ1v) is 10.6. The van der Waals surface area contributed by atoms with E-state index in [0.29, 0.717) is 33.8 Å². The molecule has 0 radical (unpaired) electrons. The molecule has 0 fully saturated rings. The molecule has 1 unspecified atom stereocenters. The van der Waals surface area contributed by atoms with Gasteiger partial charge in [-0.1, -0.05) is 42.5 Å². The molecule has 1 heterocycles. The quantitative estimate of drug-likeness (QED) is 0.372. The number of ether oxygens (including phenoxy) is 4. The molecule has 7 nitrogen and oxygen atoms in total. The van der Waals surface area contributed by atoms with E-state index in [1.807, 2.05) is 18.2 Å². The molecule has 1 aliphatic rings. The Morgan fingerprint density at radius 2 is 1.74 bits per heavy atom. The van der Waals surface area contributed by atoms with Crippen molar-refractivity contribution in [2.75, 3.05) is 13.7 Å². The van der Waals surface area contributed by atoms with Gasteiger partial charge in [0, 0.05) is 11.6 Å². The highest BCUT2D eigenvalue weighted by Gasteiger charge is 2.29. The highest BCUT2D eigenvalue weighted by molar-refractivity contribution is 6.14. The minimum Gasteiger partial charge on any atom is -0.474 e. The molecule has 0 saturated heterocycles. The van der Waals surface area contributed by atoms with E-state index in [0.717, 1.165) is 0 Å². The Hall–Kier alpha value is -4.39. The minimum atomic E-state index is -0.959. The van der Waals surface area contributed by atoms with Crippen LogP contribution in [-0.2, 0) is 14.3 Å². The fourth-order valence-electron chi connectivity index (χ4n) is 3.46. The molecule has 1 atom stereocenters. The third-order valence-electron chi connectivity index (χ3n) is 5.13. The fourth-order valence-corrected chi connectivity index (χ4v) is 3.46. The normalized spacial score (nSPS) is 14.2. The van der Waals surface area contributed by atoms with E-state index < -0.39 is 18.0 Å². The summed E-state index contributed by atoms with van der Waals surface area (Å²) < 4.78 is 21.6. The monoisotopic (exact) mass is 458 g/mol. The van der Waals surface area contributed by atoms with Gasteiger partial charge in [0.2, 0.25) is 11.9 Å². The molecule has 7 heteroatoms. The maximum Gasteiger partial charge on any atom is 0.352 e. The van der Waals surface area contributed by atoms with Crippen LogP contribution in [0.15, 0.2) is 78.6 Å². The summed E-state index contributed by atoms with van der Waals surface area (Å²) in [5.41, 5.74) is 2.13. The van der Waals surface area contributed by atoms with Crippen molar-refractivity contribution in [2.24, 2.45) is 0 Å². The van der Waals surface area contributed by atoms with Gasteiger partial charge in [-0.05, 0) is 42.8 Å². The van der Waals surface area contributed by atoms with Crippen molar-refractivity contribution in [3.63, 3.8) is 0 Å². The molecule has 0 N–H and O–H groups in total. The Labute approximate surface area is 196 Å². The summed E-state index contributed by atoms with van der Waals surface area (Å²) in [4.78, 5) is 36.9. The van der Waals surface area contributed by atoms with Crippen LogP contribution in [0.4, 0.5) is 0 Å². The van der Waals surface area contributed by atoms with Crippen molar-refractivity contribution in [3.8, 4) is 11.5 Å². The number of esters is 2. The zero-order valence-corrected chi connectivity index (χ0v) is 18.6. The van der Waals surface area contributed by atoms with Crippen molar-refractivity contribution in [2.45, 2.75) is 13.0 Å². The summed E-state index contributed by atoms with van der Waals surface area (Å²) in [7, 11) is 1.31. The fraction of sp³-hybridized carbons (Fsp3) is 0.148. The molecular formula is C27H22O7. The second kappa shape index (κ2) is 10.0. The van der Waals surface area contributed by atoms with E-state index in [2.05, 4.69) is 0 Å². The molecule has 3 aromatic carbocycles. The largest absolute Gasteiger partial charge is 0.474 e. The number of allylic oxidation sites excluding steroid dienone is 1. The number of hydrogen-bond acceptors (Lipinski definition) is 7. The van der Waals surface area contributed by atoms with Crippen LogP contribution in [0.2, 0.25) is 0 Å². The lowest BCUT2D eigenvalue weighted by atomic mass is 10.1. The average Bonchev–Trinajstić information content (AvgIpc) is 3.17. The van der Waals surface area contributed by atoms with Gasteiger partial charge in [-0.2, -0.15) is 0 Å². The van der Waals surface area contributed by atoms with Gasteiger partial charge in [0.1, 0.15) is 11.5 Å². The Morgan fingerprint density at radius 3 is 2.41 bits per heavy atom. The predicted octanol–water partition coefficient (Wildman–Crippen LogP) is 4.77. The van der Waals surface area contributed by atoms with E-state index in [9.17, 15) is 14.4 Å². The Morgan fingerprint density at radius 1 is 1.00 bits per heavy atom. The van der Waals surface area contributed by atoms with Crippen molar-refractivity contribution in [1.29, 1.82) is 0 Å². The van der Waals surface area contributed by atoms with Gasteiger partial charge in [0.05, 0.1) is 24.8 Å². The maximum absolute atomic E-state index is 12.8. The standard InChI is InChI=1S/C27H22O7/c1-3-32-27(30)25(18-7-5-4-6-8-18)33-20-13-14-21-22(16-20)34-23(24(21)28)15-17-9-11-19(12-10-17)26(29)31-2/h4-16,25H,3H2,1-2H3. The summed E-state index contributed by atoms with van der Waals surface area (Å²) >= 11 is 0. The first-order chi connectivity index (χ1) is 16.5. The molecule has 34 heavy (non-hydrogen) atoms. The zero-order valence-electron chi connectivity index (χ0n) is 18.6. The van der Waals surface area contributed by atoms with Gasteiger partial charge in [0.25, 0.3) is 0 Å². The summed E-state index contributed by atoms with van der Waals surface area (Å²) in [5, 5.41) is 0. The van der Waals surface area contributed by atoms with Gasteiger partial charge < -0.3 is 18.9 Å². The second-order valence-electron chi connectivity index (χ2n) is 7.37. The Kier molecular flexibility index (Phi) is 6.73. The first-order valence-electron chi connectivity index (χ1n) is 10.6. The molecule has 0 aromatic heterocycles. The van der Waals surface area contributed by atoms with Crippen LogP contribution in [0.25, 0.3) is 6.08 Å². The maximum atomic E-state index is 12.8. The summed E-state index contributed by atoms with van der Waals surface area (Å²) in [6, 6.07) is 20.4. The molecule has 4 rings (SSSR count). The third-order valence-corrected chi connectivity index (χ3v) is 5.13. The summed E-state index contributed by atoms with van der Waals surface area (Å²) in [6.45, 7) is 1.95. The van der Waals surface area contributed by atoms with Crippen LogP contribution in [0.3, 0.4) is 0 Å². The lowest BCUT2D eigenvalue weighted by Crippen LogP contribution is -2.21. The van der Waals surface area contributed by atoms with Crippen LogP contribution in [0.1, 0.15) is 44.9 Å². The van der Waals surface area contributed by atoms with E-state index in [-0.39, 0.29) is 18.1 Å². The Balaban J connectivity index is 1.55. The number of carbonyl (C=O) groups excluding carboxylic acids is 3. The lowest BCUT2D eigenvalue weighted by molar-refractivity contribution is -0.151. The second-order valence-corrected chi connectivity index (χ2v) is 7.37. The van der Waals surface area contributed by atoms with Gasteiger partial charge >= 0.3 is 11.9 Å². The number of carbonyl (C=O) groups is 3. The van der Waals surface area contributed by atoms with E-state index >= 15 is 0 Å². The molecule has 0 bridgehead atoms. The minimum absolute atomic E-state index is 0.142. The molecular weight excluding hydrogens is 436 g/mol. The smallest absolute Gasteiger partial charge is 0.352 e. The number of fused-ring (bicyclic) bond motifs is 1. The summed E-state index contributed by atoms with van der Waals surface area (Å²) in [5.74, 6) is -0.398. The predicted molar refractivity (Wildman–Crippen MR) is 124 cm³/mol. The number of Topliss-reactive ketones (excluding diaryl/α,β-unsaturated/α-hetero) is 1. The Bertz CT molecular complexity index is 1240. The van der Waals surface area contributed by atoms with E-state index in [1.165, 1.54) is 7.11 Å². The number of hydrogen-bond donors (Lipinski definition) is 0. The zero-order chi connectivity index (χ0) is 24.1. The highest BCUT2D eigenvalue weighted by atomic mass is 16.6. The molecule has 0 amide bonds. The van der Waals surface area contributed by atoms with Crippen LogP contribution < -0.4 is 9.47 Å². The van der Waals surface area contributed by atoms with Gasteiger partial charge in [-0.25, -0.2) is 9.59 Å². The first kappa shape index (κ1) is 22.8. The lowest BCUT2D eigenvalue weighted by Gasteiger charge is -2.18. The molecule has 0 saturated carbocycles. The van der Waals surface area contributed by atoms with Crippen LogP contribution >= 0.6 is 0 Å². The van der Waals surface area contributed by atoms with Crippen LogP contribution in [0.5, 0.6) is 11.5 Å². The van der Waals surface area contributed by atoms with Crippen molar-refractivity contribution in [1.82, 2.24) is 0 Å². The molecule has 0 spiro atoms. The molecule has 3 aromatic rings. The number of benzene rings is 3. The molecule has 172 valence electrons. The molecule has 1 aliphatic heterocycles. The molecule has 0 aliphatic carbocycles. The van der Waals surface area contributed by atoms with Gasteiger partial charge in [-0.3, -0.25) is 4.79 Å². The number of rotatable bonds is 7. The topological polar surface area (TPSA) is 88.1 Å².